The number of nitrogens with zero attached hydrogens (tertiary/aromatic N) is 2. The highest BCUT2D eigenvalue weighted by Crippen LogP contribution is 2.28. The predicted molar refractivity (Wildman–Crippen MR) is 72.5 cm³/mol. The summed E-state index contributed by atoms with van der Waals surface area (Å²) in [5.74, 6) is 0.305. The summed E-state index contributed by atoms with van der Waals surface area (Å²) in [6.07, 6.45) is 0. The fourth-order valence-corrected chi connectivity index (χ4v) is 1.95. The first-order chi connectivity index (χ1) is 9.35. The van der Waals surface area contributed by atoms with Gasteiger partial charge in [-0.2, -0.15) is 5.10 Å². The van der Waals surface area contributed by atoms with Gasteiger partial charge in [0.15, 0.2) is 0 Å². The van der Waals surface area contributed by atoms with Crippen LogP contribution >= 0.6 is 7.75 Å². The van der Waals surface area contributed by atoms with E-state index in [-0.39, 0.29) is 0 Å². The van der Waals surface area contributed by atoms with E-state index in [1.165, 1.54) is 9.77 Å². The number of aromatic nitrogens is 2. The lowest BCUT2D eigenvalue weighted by molar-refractivity contribution is 0.253. The average molecular weight is 296 g/mol. The highest BCUT2D eigenvalue weighted by molar-refractivity contribution is 7.50. The van der Waals surface area contributed by atoms with E-state index >= 15 is 0 Å². The summed E-state index contributed by atoms with van der Waals surface area (Å²) in [6, 6.07) is 9.63. The van der Waals surface area contributed by atoms with Gasteiger partial charge in [0.05, 0.1) is 11.4 Å². The Kier molecular flexibility index (Phi) is 3.89. The van der Waals surface area contributed by atoms with Crippen LogP contribution in [-0.4, -0.2) is 25.6 Å². The van der Waals surface area contributed by atoms with Crippen LogP contribution in [0.3, 0.4) is 0 Å². The van der Waals surface area contributed by atoms with E-state index < -0.39 is 13.8 Å². The first-order valence-corrected chi connectivity index (χ1v) is 7.23. The minimum Gasteiger partial charge on any atom is -0.308 e. The molecule has 1 heterocycles. The molecule has 0 aliphatic heterocycles. The van der Waals surface area contributed by atoms with Gasteiger partial charge in [-0.15, -0.1) is 0 Å². The number of aryl methyl sites for hydroxylation is 1. The highest BCUT2D eigenvalue weighted by Gasteiger charge is 2.18. The van der Waals surface area contributed by atoms with Crippen LogP contribution in [0.4, 0.5) is 10.6 Å². The second kappa shape index (κ2) is 5.46. The van der Waals surface area contributed by atoms with Gasteiger partial charge < -0.3 is 9.79 Å². The summed E-state index contributed by atoms with van der Waals surface area (Å²) >= 11 is 0. The Morgan fingerprint density at radius 2 is 1.95 bits per heavy atom. The monoisotopic (exact) mass is 296 g/mol. The fraction of sp³-hybridized carbons (Fsp3) is 0.0909. The van der Waals surface area contributed by atoms with E-state index in [2.05, 4.69) is 10.4 Å². The number of para-hydroxylation sites is 1. The van der Waals surface area contributed by atoms with E-state index in [1.54, 1.807) is 25.1 Å². The number of carbonyl (C=O) groups excluding carboxylic acids is 1. The van der Waals surface area contributed by atoms with Crippen molar-refractivity contribution in [2.75, 3.05) is 5.32 Å². The first kappa shape index (κ1) is 14.3. The van der Waals surface area contributed by atoms with E-state index in [1.807, 2.05) is 18.2 Å². The molecule has 0 bridgehead atoms. The van der Waals surface area contributed by atoms with Crippen molar-refractivity contribution in [2.24, 2.45) is 0 Å². The smallest absolute Gasteiger partial charge is 0.308 e. The molecule has 0 saturated carbocycles. The summed E-state index contributed by atoms with van der Waals surface area (Å²) in [5, 5.41) is 8.09. The van der Waals surface area contributed by atoms with Crippen LogP contribution in [0.15, 0.2) is 36.4 Å². The Hall–Kier alpha value is -2.15. The van der Waals surface area contributed by atoms with Gasteiger partial charge in [0, 0.05) is 6.07 Å². The molecule has 4 N–H and O–H groups in total. The normalized spacial score (nSPS) is 11.2. The van der Waals surface area contributed by atoms with Gasteiger partial charge >= 0.3 is 13.8 Å². The second-order valence-electron chi connectivity index (χ2n) is 4.03. The molecule has 9 heteroatoms. The fourth-order valence-electron chi connectivity index (χ4n) is 1.63. The van der Waals surface area contributed by atoms with Crippen LogP contribution in [0.25, 0.3) is 5.69 Å². The standard InChI is InChI=1S/C11H13N4O4P/c1-8-7-10(12-11(16)14-20(17,18)19)15(13-8)9-5-3-2-4-6-9/h2-7H,1H3,(H4,12,14,16,17,18,19). The summed E-state index contributed by atoms with van der Waals surface area (Å²) in [6.45, 7) is 1.74. The van der Waals surface area contributed by atoms with Gasteiger partial charge in [0.25, 0.3) is 0 Å². The van der Waals surface area contributed by atoms with Crippen molar-refractivity contribution in [3.63, 3.8) is 0 Å². The third kappa shape index (κ3) is 3.67. The lowest BCUT2D eigenvalue weighted by atomic mass is 10.3. The van der Waals surface area contributed by atoms with E-state index in [9.17, 15) is 9.36 Å². The van der Waals surface area contributed by atoms with Crippen molar-refractivity contribution >= 4 is 19.6 Å². The predicted octanol–water partition coefficient (Wildman–Crippen LogP) is 1.39. The van der Waals surface area contributed by atoms with Gasteiger partial charge in [0.2, 0.25) is 0 Å². The third-order valence-corrected chi connectivity index (χ3v) is 2.82. The molecule has 8 nitrogen and oxygen atoms in total. The molecular weight excluding hydrogens is 283 g/mol. The first-order valence-electron chi connectivity index (χ1n) is 5.62. The molecule has 0 aliphatic rings. The summed E-state index contributed by atoms with van der Waals surface area (Å²) < 4.78 is 12.2. The zero-order chi connectivity index (χ0) is 14.8. The van der Waals surface area contributed by atoms with Crippen LogP contribution in [0.1, 0.15) is 5.69 Å². The molecule has 0 aliphatic carbocycles. The molecule has 2 aromatic rings. The number of rotatable bonds is 3. The van der Waals surface area contributed by atoms with E-state index in [4.69, 9.17) is 9.79 Å². The number of urea groups is 1. The SMILES string of the molecule is Cc1cc(NC(=O)NP(=O)(O)O)n(-c2ccccc2)n1. The maximum absolute atomic E-state index is 11.5. The molecule has 0 saturated heterocycles. The molecular formula is C11H13N4O4P. The Labute approximate surface area is 114 Å². The molecule has 106 valence electrons. The van der Waals surface area contributed by atoms with Crippen molar-refractivity contribution in [3.05, 3.63) is 42.1 Å². The van der Waals surface area contributed by atoms with Crippen LogP contribution in [0, 0.1) is 6.92 Å². The Bertz CT molecular complexity index is 664. The molecule has 1 aromatic carbocycles. The molecule has 2 amide bonds. The Morgan fingerprint density at radius 3 is 2.55 bits per heavy atom. The van der Waals surface area contributed by atoms with Crippen LogP contribution in [0.2, 0.25) is 0 Å². The molecule has 0 unspecified atom stereocenters. The maximum Gasteiger partial charge on any atom is 0.431 e. The number of anilines is 1. The van der Waals surface area contributed by atoms with Crippen molar-refractivity contribution in [1.29, 1.82) is 0 Å². The number of amides is 2. The Morgan fingerprint density at radius 1 is 1.30 bits per heavy atom. The number of hydrogen-bond donors (Lipinski definition) is 4. The summed E-state index contributed by atoms with van der Waals surface area (Å²) in [5.41, 5.74) is 1.37. The molecule has 0 spiro atoms. The molecule has 0 fully saturated rings. The zero-order valence-corrected chi connectivity index (χ0v) is 11.4. The van der Waals surface area contributed by atoms with Crippen molar-refractivity contribution < 1.29 is 19.1 Å². The second-order valence-corrected chi connectivity index (χ2v) is 5.34. The van der Waals surface area contributed by atoms with Crippen LogP contribution in [-0.2, 0) is 4.57 Å². The number of hydrogen-bond acceptors (Lipinski definition) is 3. The minimum absolute atomic E-state index is 0.305. The maximum atomic E-state index is 11.5. The van der Waals surface area contributed by atoms with Gasteiger partial charge in [-0.05, 0) is 19.1 Å². The summed E-state index contributed by atoms with van der Waals surface area (Å²) in [7, 11) is -4.63. The molecule has 0 atom stereocenters. The van der Waals surface area contributed by atoms with E-state index in [0.29, 0.717) is 17.2 Å². The number of nitrogens with one attached hydrogen (secondary N) is 2. The van der Waals surface area contributed by atoms with Crippen molar-refractivity contribution in [2.45, 2.75) is 6.92 Å². The lowest BCUT2D eigenvalue weighted by Crippen LogP contribution is -2.27. The molecule has 1 aromatic heterocycles. The third-order valence-electron chi connectivity index (χ3n) is 2.32. The van der Waals surface area contributed by atoms with Crippen LogP contribution in [0.5, 0.6) is 0 Å². The minimum atomic E-state index is -4.63. The topological polar surface area (TPSA) is 116 Å². The number of carbonyl (C=O) groups is 1. The van der Waals surface area contributed by atoms with Crippen molar-refractivity contribution in [3.8, 4) is 5.69 Å². The molecule has 0 radical (unpaired) electrons. The quantitative estimate of drug-likeness (QED) is 0.639. The number of benzene rings is 1. The lowest BCUT2D eigenvalue weighted by Gasteiger charge is -2.10. The van der Waals surface area contributed by atoms with Crippen LogP contribution < -0.4 is 10.4 Å². The average Bonchev–Trinajstić information content (AvgIpc) is 2.68. The Balaban J connectivity index is 2.25. The van der Waals surface area contributed by atoms with E-state index in [0.717, 1.165) is 0 Å². The molecule has 2 rings (SSSR count). The van der Waals surface area contributed by atoms with Gasteiger partial charge in [-0.3, -0.25) is 5.32 Å². The summed E-state index contributed by atoms with van der Waals surface area (Å²) in [4.78, 5) is 28.8. The van der Waals surface area contributed by atoms with Crippen molar-refractivity contribution in [1.82, 2.24) is 14.9 Å². The molecule has 20 heavy (non-hydrogen) atoms. The highest BCUT2D eigenvalue weighted by atomic mass is 31.2. The van der Waals surface area contributed by atoms with Gasteiger partial charge in [-0.25, -0.2) is 19.1 Å². The largest absolute Gasteiger partial charge is 0.431 e. The van der Waals surface area contributed by atoms with Gasteiger partial charge in [0.1, 0.15) is 5.82 Å². The zero-order valence-electron chi connectivity index (χ0n) is 10.5. The van der Waals surface area contributed by atoms with Gasteiger partial charge in [-0.1, -0.05) is 18.2 Å².